The first-order valence-corrected chi connectivity index (χ1v) is 8.28. The SMILES string of the molecule is CC(C)c1cc(-c2nnc(O)n2-c2ccc(N(C)C)cc2)c(O)cc1O. The maximum absolute atomic E-state index is 10.3. The van der Waals surface area contributed by atoms with Gasteiger partial charge in [0, 0.05) is 25.8 Å². The smallest absolute Gasteiger partial charge is 0.319 e. The number of phenolic OH excluding ortho intramolecular Hbond substituents is 2. The van der Waals surface area contributed by atoms with Gasteiger partial charge < -0.3 is 20.2 Å². The molecule has 0 bridgehead atoms. The van der Waals surface area contributed by atoms with Gasteiger partial charge in [-0.25, -0.2) is 4.57 Å². The highest BCUT2D eigenvalue weighted by atomic mass is 16.3. The Bertz CT molecular complexity index is 931. The fourth-order valence-electron chi connectivity index (χ4n) is 2.82. The quantitative estimate of drug-likeness (QED) is 0.666. The molecule has 0 aliphatic rings. The number of phenols is 2. The van der Waals surface area contributed by atoms with E-state index in [1.807, 2.05) is 57.1 Å². The van der Waals surface area contributed by atoms with Crippen molar-refractivity contribution in [1.82, 2.24) is 14.8 Å². The van der Waals surface area contributed by atoms with E-state index in [1.165, 1.54) is 10.6 Å². The minimum atomic E-state index is -0.281. The number of hydrogen-bond acceptors (Lipinski definition) is 6. The number of hydrogen-bond donors (Lipinski definition) is 3. The maximum atomic E-state index is 10.3. The van der Waals surface area contributed by atoms with Crippen molar-refractivity contribution in [2.75, 3.05) is 19.0 Å². The van der Waals surface area contributed by atoms with Gasteiger partial charge in [0.15, 0.2) is 5.82 Å². The molecule has 7 heteroatoms. The molecule has 26 heavy (non-hydrogen) atoms. The average molecular weight is 354 g/mol. The van der Waals surface area contributed by atoms with E-state index in [9.17, 15) is 15.3 Å². The third kappa shape index (κ3) is 3.03. The second-order valence-corrected chi connectivity index (χ2v) is 6.65. The lowest BCUT2D eigenvalue weighted by molar-refractivity contribution is 0.420. The van der Waals surface area contributed by atoms with E-state index in [-0.39, 0.29) is 23.4 Å². The first-order valence-electron chi connectivity index (χ1n) is 8.28. The summed E-state index contributed by atoms with van der Waals surface area (Å²) in [5.41, 5.74) is 2.73. The van der Waals surface area contributed by atoms with Gasteiger partial charge in [-0.2, -0.15) is 0 Å². The molecule has 7 nitrogen and oxygen atoms in total. The lowest BCUT2D eigenvalue weighted by Crippen LogP contribution is -2.08. The molecule has 3 rings (SSSR count). The lowest BCUT2D eigenvalue weighted by Gasteiger charge is -2.15. The van der Waals surface area contributed by atoms with Crippen LogP contribution in [-0.4, -0.2) is 44.2 Å². The van der Waals surface area contributed by atoms with Gasteiger partial charge in [0.1, 0.15) is 11.5 Å². The van der Waals surface area contributed by atoms with E-state index in [2.05, 4.69) is 10.2 Å². The summed E-state index contributed by atoms with van der Waals surface area (Å²) >= 11 is 0. The van der Waals surface area contributed by atoms with Crippen molar-refractivity contribution in [3.05, 3.63) is 42.0 Å². The van der Waals surface area contributed by atoms with Crippen LogP contribution in [0.5, 0.6) is 17.5 Å². The van der Waals surface area contributed by atoms with Crippen LogP contribution in [0.3, 0.4) is 0 Å². The summed E-state index contributed by atoms with van der Waals surface area (Å²) in [4.78, 5) is 1.97. The van der Waals surface area contributed by atoms with E-state index < -0.39 is 0 Å². The van der Waals surface area contributed by atoms with Crippen molar-refractivity contribution in [1.29, 1.82) is 0 Å². The minimum Gasteiger partial charge on any atom is -0.508 e. The molecule has 0 saturated carbocycles. The van der Waals surface area contributed by atoms with E-state index in [0.29, 0.717) is 22.6 Å². The summed E-state index contributed by atoms with van der Waals surface area (Å²) < 4.78 is 1.45. The molecule has 3 N–H and O–H groups in total. The molecule has 0 aliphatic heterocycles. The molecule has 0 fully saturated rings. The molecule has 0 saturated heterocycles. The molecule has 0 aliphatic carbocycles. The summed E-state index contributed by atoms with van der Waals surface area (Å²) in [6, 6.07) is 10.2. The Morgan fingerprint density at radius 2 is 1.58 bits per heavy atom. The Hall–Kier alpha value is -3.22. The summed E-state index contributed by atoms with van der Waals surface area (Å²) in [7, 11) is 3.89. The molecule has 1 aromatic heterocycles. The molecule has 2 aromatic carbocycles. The van der Waals surface area contributed by atoms with Crippen molar-refractivity contribution in [3.8, 4) is 34.6 Å². The minimum absolute atomic E-state index is 0.0203. The van der Waals surface area contributed by atoms with E-state index in [1.54, 1.807) is 6.07 Å². The molecule has 0 atom stereocenters. The Morgan fingerprint density at radius 3 is 2.15 bits per heavy atom. The maximum Gasteiger partial charge on any atom is 0.319 e. The third-order valence-electron chi connectivity index (χ3n) is 4.28. The van der Waals surface area contributed by atoms with Crippen molar-refractivity contribution in [2.45, 2.75) is 19.8 Å². The fourth-order valence-corrected chi connectivity index (χ4v) is 2.82. The van der Waals surface area contributed by atoms with Crippen LogP contribution in [0, 0.1) is 0 Å². The van der Waals surface area contributed by atoms with Crippen LogP contribution >= 0.6 is 0 Å². The lowest BCUT2D eigenvalue weighted by atomic mass is 9.98. The monoisotopic (exact) mass is 354 g/mol. The van der Waals surface area contributed by atoms with Crippen LogP contribution in [0.2, 0.25) is 0 Å². The topological polar surface area (TPSA) is 94.6 Å². The molecular formula is C19H22N4O3. The zero-order valence-corrected chi connectivity index (χ0v) is 15.2. The van der Waals surface area contributed by atoms with Crippen LogP contribution < -0.4 is 4.90 Å². The third-order valence-corrected chi connectivity index (χ3v) is 4.28. The normalized spacial score (nSPS) is 11.1. The molecule has 1 heterocycles. The number of anilines is 1. The number of aromatic nitrogens is 3. The van der Waals surface area contributed by atoms with Gasteiger partial charge in [0.25, 0.3) is 0 Å². The summed E-state index contributed by atoms with van der Waals surface area (Å²) in [6.45, 7) is 3.89. The highest BCUT2D eigenvalue weighted by Gasteiger charge is 2.20. The molecular weight excluding hydrogens is 332 g/mol. The second-order valence-electron chi connectivity index (χ2n) is 6.65. The largest absolute Gasteiger partial charge is 0.508 e. The van der Waals surface area contributed by atoms with Gasteiger partial charge in [-0.15, -0.1) is 5.10 Å². The molecule has 3 aromatic rings. The van der Waals surface area contributed by atoms with E-state index in [0.717, 1.165) is 5.69 Å². The molecule has 0 amide bonds. The molecule has 0 unspecified atom stereocenters. The summed E-state index contributed by atoms with van der Waals surface area (Å²) in [6.07, 6.45) is 0. The van der Waals surface area contributed by atoms with Crippen molar-refractivity contribution in [3.63, 3.8) is 0 Å². The highest BCUT2D eigenvalue weighted by molar-refractivity contribution is 5.70. The first-order chi connectivity index (χ1) is 12.3. The summed E-state index contributed by atoms with van der Waals surface area (Å²) in [5, 5.41) is 38.3. The van der Waals surface area contributed by atoms with Crippen molar-refractivity contribution in [2.24, 2.45) is 0 Å². The second kappa shape index (κ2) is 6.59. The van der Waals surface area contributed by atoms with Gasteiger partial charge in [-0.1, -0.05) is 18.9 Å². The first kappa shape index (κ1) is 17.6. The molecule has 0 radical (unpaired) electrons. The zero-order chi connectivity index (χ0) is 19.0. The molecule has 136 valence electrons. The molecule has 0 spiro atoms. The van der Waals surface area contributed by atoms with E-state index >= 15 is 0 Å². The predicted octanol–water partition coefficient (Wildman–Crippen LogP) is 3.24. The Kier molecular flexibility index (Phi) is 4.46. The number of benzene rings is 2. The van der Waals surface area contributed by atoms with Crippen LogP contribution in [0.4, 0.5) is 5.69 Å². The van der Waals surface area contributed by atoms with Gasteiger partial charge in [0.2, 0.25) is 0 Å². The van der Waals surface area contributed by atoms with Gasteiger partial charge in [-0.3, -0.25) is 0 Å². The standard InChI is InChI=1S/C19H22N4O3/c1-11(2)14-9-15(17(25)10-16(14)24)18-20-21-19(26)23(18)13-7-5-12(6-8-13)22(3)4/h5-11,24-25H,1-4H3,(H,21,26). The Morgan fingerprint density at radius 1 is 0.923 bits per heavy atom. The number of rotatable bonds is 4. The summed E-state index contributed by atoms with van der Waals surface area (Å²) in [5.74, 6) is 0.232. The van der Waals surface area contributed by atoms with E-state index in [4.69, 9.17) is 0 Å². The number of nitrogens with zero attached hydrogens (tertiary/aromatic N) is 4. The Labute approximate surface area is 151 Å². The van der Waals surface area contributed by atoms with Crippen molar-refractivity contribution < 1.29 is 15.3 Å². The number of aromatic hydroxyl groups is 3. The van der Waals surface area contributed by atoms with Crippen LogP contribution in [-0.2, 0) is 0 Å². The highest BCUT2D eigenvalue weighted by Crippen LogP contribution is 2.38. The van der Waals surface area contributed by atoms with Crippen LogP contribution in [0.1, 0.15) is 25.3 Å². The van der Waals surface area contributed by atoms with Gasteiger partial charge in [0.05, 0.1) is 11.3 Å². The van der Waals surface area contributed by atoms with Crippen LogP contribution in [0.25, 0.3) is 17.1 Å². The van der Waals surface area contributed by atoms with Gasteiger partial charge >= 0.3 is 6.01 Å². The van der Waals surface area contributed by atoms with Gasteiger partial charge in [-0.05, 0) is 41.8 Å². The predicted molar refractivity (Wildman–Crippen MR) is 100 cm³/mol. The van der Waals surface area contributed by atoms with Crippen molar-refractivity contribution >= 4 is 5.69 Å². The zero-order valence-electron chi connectivity index (χ0n) is 15.2. The Balaban J connectivity index is 2.16. The van der Waals surface area contributed by atoms with Crippen LogP contribution in [0.15, 0.2) is 36.4 Å². The average Bonchev–Trinajstić information content (AvgIpc) is 2.96. The fraction of sp³-hybridized carbons (Fsp3) is 0.263.